The van der Waals surface area contributed by atoms with Gasteiger partial charge in [-0.3, -0.25) is 9.69 Å². The lowest BCUT2D eigenvalue weighted by atomic mass is 9.95. The molecule has 2 aliphatic heterocycles. The van der Waals surface area contributed by atoms with Gasteiger partial charge >= 0.3 is 6.03 Å². The van der Waals surface area contributed by atoms with E-state index < -0.39 is 5.54 Å². The average Bonchev–Trinajstić information content (AvgIpc) is 2.62. The molecular formula is C13H23N3O3. The number of urea groups is 1. The van der Waals surface area contributed by atoms with E-state index in [0.717, 1.165) is 25.9 Å². The first-order chi connectivity index (χ1) is 9.07. The molecule has 0 bridgehead atoms. The maximum Gasteiger partial charge on any atom is 0.326 e. The number of unbranched alkanes of at least 4 members (excludes halogenated alkanes) is 1. The topological polar surface area (TPSA) is 61.9 Å². The van der Waals surface area contributed by atoms with E-state index in [-0.39, 0.29) is 11.9 Å². The molecule has 2 saturated heterocycles. The fourth-order valence-corrected chi connectivity index (χ4v) is 2.52. The summed E-state index contributed by atoms with van der Waals surface area (Å²) in [6.07, 6.45) is 2.66. The highest BCUT2D eigenvalue weighted by Crippen LogP contribution is 2.23. The van der Waals surface area contributed by atoms with Gasteiger partial charge in [0, 0.05) is 13.1 Å². The van der Waals surface area contributed by atoms with Crippen LogP contribution >= 0.6 is 0 Å². The fraction of sp³-hybridized carbons (Fsp3) is 0.846. The number of carbonyl (C=O) groups excluding carboxylic acids is 2. The minimum Gasteiger partial charge on any atom is -0.379 e. The monoisotopic (exact) mass is 269 g/mol. The van der Waals surface area contributed by atoms with Crippen LogP contribution in [0.4, 0.5) is 4.79 Å². The minimum absolute atomic E-state index is 0.0996. The van der Waals surface area contributed by atoms with Gasteiger partial charge in [-0.25, -0.2) is 9.69 Å². The van der Waals surface area contributed by atoms with Crippen molar-refractivity contribution in [1.82, 2.24) is 15.1 Å². The van der Waals surface area contributed by atoms with E-state index in [1.165, 1.54) is 4.90 Å². The van der Waals surface area contributed by atoms with Crippen LogP contribution < -0.4 is 5.32 Å². The number of ether oxygens (including phenoxy) is 1. The summed E-state index contributed by atoms with van der Waals surface area (Å²) >= 11 is 0. The molecule has 1 N–H and O–H groups in total. The molecule has 0 aromatic heterocycles. The molecular weight excluding hydrogens is 246 g/mol. The zero-order valence-corrected chi connectivity index (χ0v) is 11.8. The molecule has 3 amide bonds. The van der Waals surface area contributed by atoms with Crippen LogP contribution in [0.5, 0.6) is 0 Å². The summed E-state index contributed by atoms with van der Waals surface area (Å²) in [7, 11) is 0. The van der Waals surface area contributed by atoms with E-state index in [1.54, 1.807) is 0 Å². The van der Waals surface area contributed by atoms with Crippen molar-refractivity contribution in [1.29, 1.82) is 0 Å². The molecule has 108 valence electrons. The second-order valence-electron chi connectivity index (χ2n) is 5.47. The van der Waals surface area contributed by atoms with Crippen LogP contribution in [0, 0.1) is 0 Å². The standard InChI is InChI=1S/C13H23N3O3/c1-3-4-5-13(2)11(17)16(12(18)14-13)10-15-6-8-19-9-7-15/h3-10H2,1-2H3,(H,14,18). The van der Waals surface area contributed by atoms with Crippen molar-refractivity contribution in [2.45, 2.75) is 38.6 Å². The Kier molecular flexibility index (Phi) is 4.42. The molecule has 0 aromatic carbocycles. The number of nitrogens with one attached hydrogen (secondary N) is 1. The number of imide groups is 1. The molecule has 0 aliphatic carbocycles. The second-order valence-corrected chi connectivity index (χ2v) is 5.47. The molecule has 0 spiro atoms. The molecule has 2 rings (SSSR count). The lowest BCUT2D eigenvalue weighted by molar-refractivity contribution is -0.133. The molecule has 2 aliphatic rings. The Morgan fingerprint density at radius 3 is 2.63 bits per heavy atom. The van der Waals surface area contributed by atoms with Gasteiger partial charge in [-0.15, -0.1) is 0 Å². The van der Waals surface area contributed by atoms with Crippen molar-refractivity contribution in [3.63, 3.8) is 0 Å². The van der Waals surface area contributed by atoms with Crippen LogP contribution in [-0.4, -0.2) is 60.2 Å². The average molecular weight is 269 g/mol. The number of rotatable bonds is 5. The first-order valence-corrected chi connectivity index (χ1v) is 7.01. The summed E-state index contributed by atoms with van der Waals surface area (Å²) in [4.78, 5) is 27.8. The number of morpholine rings is 1. The molecule has 1 atom stereocenters. The summed E-state index contributed by atoms with van der Waals surface area (Å²) in [5.41, 5.74) is -0.723. The first kappa shape index (κ1) is 14.3. The van der Waals surface area contributed by atoms with Crippen molar-refractivity contribution in [3.8, 4) is 0 Å². The van der Waals surface area contributed by atoms with Gasteiger partial charge in [0.1, 0.15) is 5.54 Å². The molecule has 6 nitrogen and oxygen atoms in total. The number of hydrogen-bond acceptors (Lipinski definition) is 4. The molecule has 0 radical (unpaired) electrons. The van der Waals surface area contributed by atoms with Crippen molar-refractivity contribution < 1.29 is 14.3 Å². The normalized spacial score (nSPS) is 28.8. The van der Waals surface area contributed by atoms with E-state index in [9.17, 15) is 9.59 Å². The predicted octanol–water partition coefficient (Wildman–Crippen LogP) is 0.777. The second kappa shape index (κ2) is 5.88. The highest BCUT2D eigenvalue weighted by atomic mass is 16.5. The van der Waals surface area contributed by atoms with Crippen molar-refractivity contribution in [2.24, 2.45) is 0 Å². The van der Waals surface area contributed by atoms with Crippen molar-refractivity contribution in [2.75, 3.05) is 33.0 Å². The Balaban J connectivity index is 1.97. The first-order valence-electron chi connectivity index (χ1n) is 7.01. The smallest absolute Gasteiger partial charge is 0.326 e. The quantitative estimate of drug-likeness (QED) is 0.749. The Morgan fingerprint density at radius 1 is 1.32 bits per heavy atom. The molecule has 6 heteroatoms. The molecule has 1 unspecified atom stereocenters. The van der Waals surface area contributed by atoms with Crippen LogP contribution in [-0.2, 0) is 9.53 Å². The maximum atomic E-state index is 12.4. The Hall–Kier alpha value is -1.14. The van der Waals surface area contributed by atoms with Gasteiger partial charge in [-0.05, 0) is 13.3 Å². The van der Waals surface area contributed by atoms with Gasteiger partial charge < -0.3 is 10.1 Å². The van der Waals surface area contributed by atoms with Gasteiger partial charge in [-0.1, -0.05) is 19.8 Å². The molecule has 0 aromatic rings. The Bertz CT molecular complexity index is 355. The molecule has 2 fully saturated rings. The summed E-state index contributed by atoms with van der Waals surface area (Å²) in [6, 6.07) is -0.268. The van der Waals surface area contributed by atoms with Gasteiger partial charge in [0.05, 0.1) is 19.9 Å². The van der Waals surface area contributed by atoms with E-state index in [4.69, 9.17) is 4.74 Å². The Morgan fingerprint density at radius 2 is 2.00 bits per heavy atom. The van der Waals surface area contributed by atoms with E-state index in [2.05, 4.69) is 17.1 Å². The lowest BCUT2D eigenvalue weighted by Gasteiger charge is -2.29. The van der Waals surface area contributed by atoms with Gasteiger partial charge in [0.2, 0.25) is 0 Å². The fourth-order valence-electron chi connectivity index (χ4n) is 2.52. The Labute approximate surface area is 114 Å². The highest BCUT2D eigenvalue weighted by molar-refractivity contribution is 6.06. The summed E-state index contributed by atoms with van der Waals surface area (Å²) in [5.74, 6) is -0.0996. The number of hydrogen-bond donors (Lipinski definition) is 1. The number of carbonyl (C=O) groups is 2. The maximum absolute atomic E-state index is 12.4. The summed E-state index contributed by atoms with van der Waals surface area (Å²) in [6.45, 7) is 7.13. The molecule has 0 saturated carbocycles. The van der Waals surface area contributed by atoms with Gasteiger partial charge in [0.25, 0.3) is 5.91 Å². The third-order valence-electron chi connectivity index (χ3n) is 3.82. The highest BCUT2D eigenvalue weighted by Gasteiger charge is 2.47. The minimum atomic E-state index is -0.723. The molecule has 2 heterocycles. The van der Waals surface area contributed by atoms with Crippen LogP contribution in [0.25, 0.3) is 0 Å². The summed E-state index contributed by atoms with van der Waals surface area (Å²) < 4.78 is 5.27. The SMILES string of the molecule is CCCCC1(C)NC(=O)N(CN2CCOCC2)C1=O. The molecule has 19 heavy (non-hydrogen) atoms. The summed E-state index contributed by atoms with van der Waals surface area (Å²) in [5, 5.41) is 2.83. The third kappa shape index (κ3) is 3.06. The van der Waals surface area contributed by atoms with Crippen molar-refractivity contribution >= 4 is 11.9 Å². The van der Waals surface area contributed by atoms with Crippen LogP contribution in [0.1, 0.15) is 33.1 Å². The van der Waals surface area contributed by atoms with Gasteiger partial charge in [-0.2, -0.15) is 0 Å². The van der Waals surface area contributed by atoms with Crippen LogP contribution in [0.3, 0.4) is 0 Å². The van der Waals surface area contributed by atoms with E-state index >= 15 is 0 Å². The largest absolute Gasteiger partial charge is 0.379 e. The van der Waals surface area contributed by atoms with E-state index in [0.29, 0.717) is 26.3 Å². The zero-order valence-electron chi connectivity index (χ0n) is 11.8. The predicted molar refractivity (Wildman–Crippen MR) is 70.6 cm³/mol. The number of nitrogens with zero attached hydrogens (tertiary/aromatic N) is 2. The van der Waals surface area contributed by atoms with Gasteiger partial charge in [0.15, 0.2) is 0 Å². The lowest BCUT2D eigenvalue weighted by Crippen LogP contribution is -2.47. The zero-order chi connectivity index (χ0) is 13.9. The van der Waals surface area contributed by atoms with Crippen LogP contribution in [0.15, 0.2) is 0 Å². The third-order valence-corrected chi connectivity index (χ3v) is 3.82. The number of amides is 3. The van der Waals surface area contributed by atoms with Crippen LogP contribution in [0.2, 0.25) is 0 Å². The van der Waals surface area contributed by atoms with E-state index in [1.807, 2.05) is 6.92 Å². The van der Waals surface area contributed by atoms with Crippen molar-refractivity contribution in [3.05, 3.63) is 0 Å².